The average molecular weight is 371 g/mol. The van der Waals surface area contributed by atoms with Crippen LogP contribution >= 0.6 is 11.3 Å². The third-order valence-electron chi connectivity index (χ3n) is 4.35. The summed E-state index contributed by atoms with van der Waals surface area (Å²) in [5.74, 6) is 0.897. The van der Waals surface area contributed by atoms with Crippen molar-refractivity contribution >= 4 is 27.3 Å². The molecule has 134 valence electrons. The topological polar surface area (TPSA) is 47.6 Å². The molecule has 2 aromatic carbocycles. The molecule has 0 bridgehead atoms. The molecule has 1 unspecified atom stereocenters. The van der Waals surface area contributed by atoms with Gasteiger partial charge in [0.05, 0.1) is 24.1 Å². The number of thiophene rings is 1. The molecule has 26 heavy (non-hydrogen) atoms. The van der Waals surface area contributed by atoms with E-state index in [1.807, 2.05) is 31.2 Å². The summed E-state index contributed by atoms with van der Waals surface area (Å²) >= 11 is 1.29. The number of carbonyl (C=O) groups is 1. The van der Waals surface area contributed by atoms with Gasteiger partial charge in [-0.1, -0.05) is 12.1 Å². The van der Waals surface area contributed by atoms with Crippen LogP contribution in [0.4, 0.5) is 4.39 Å². The van der Waals surface area contributed by atoms with Crippen LogP contribution in [0.5, 0.6) is 11.5 Å². The third kappa shape index (κ3) is 3.24. The molecule has 3 aromatic rings. The number of carbonyl (C=O) groups excluding carboxylic acids is 1. The van der Waals surface area contributed by atoms with Crippen LogP contribution in [-0.2, 0) is 0 Å². The van der Waals surface area contributed by atoms with Crippen LogP contribution in [0.1, 0.15) is 34.6 Å². The molecule has 1 atom stereocenters. The SMILES string of the molecule is CC(NC(=O)c1cc2c(F)cccc2s1)c1ccc2c(c1)OCCCO2. The maximum atomic E-state index is 13.8. The maximum Gasteiger partial charge on any atom is 0.261 e. The van der Waals surface area contributed by atoms with E-state index in [2.05, 4.69) is 5.32 Å². The second-order valence-electron chi connectivity index (χ2n) is 6.21. The largest absolute Gasteiger partial charge is 0.490 e. The van der Waals surface area contributed by atoms with Gasteiger partial charge in [-0.25, -0.2) is 4.39 Å². The van der Waals surface area contributed by atoms with Crippen LogP contribution < -0.4 is 14.8 Å². The van der Waals surface area contributed by atoms with Crippen LogP contribution in [0.3, 0.4) is 0 Å². The van der Waals surface area contributed by atoms with Gasteiger partial charge in [0.1, 0.15) is 5.82 Å². The first-order valence-corrected chi connectivity index (χ1v) is 9.32. The quantitative estimate of drug-likeness (QED) is 0.726. The summed E-state index contributed by atoms with van der Waals surface area (Å²) in [7, 11) is 0. The van der Waals surface area contributed by atoms with E-state index in [9.17, 15) is 9.18 Å². The summed E-state index contributed by atoms with van der Waals surface area (Å²) < 4.78 is 25.9. The lowest BCUT2D eigenvalue weighted by atomic mass is 10.1. The lowest BCUT2D eigenvalue weighted by Crippen LogP contribution is -2.25. The second-order valence-corrected chi connectivity index (χ2v) is 7.30. The predicted octanol–water partition coefficient (Wildman–Crippen LogP) is 4.69. The summed E-state index contributed by atoms with van der Waals surface area (Å²) in [6.45, 7) is 3.16. The smallest absolute Gasteiger partial charge is 0.261 e. The van der Waals surface area contributed by atoms with Crippen molar-refractivity contribution < 1.29 is 18.7 Å². The minimum Gasteiger partial charge on any atom is -0.490 e. The lowest BCUT2D eigenvalue weighted by molar-refractivity contribution is 0.0944. The van der Waals surface area contributed by atoms with E-state index < -0.39 is 0 Å². The van der Waals surface area contributed by atoms with Gasteiger partial charge >= 0.3 is 0 Å². The van der Waals surface area contributed by atoms with E-state index in [-0.39, 0.29) is 17.8 Å². The molecule has 0 radical (unpaired) electrons. The predicted molar refractivity (Wildman–Crippen MR) is 99.7 cm³/mol. The van der Waals surface area contributed by atoms with Gasteiger partial charge in [-0.2, -0.15) is 0 Å². The van der Waals surface area contributed by atoms with Gasteiger partial charge < -0.3 is 14.8 Å². The molecule has 4 nitrogen and oxygen atoms in total. The lowest BCUT2D eigenvalue weighted by Gasteiger charge is -2.16. The van der Waals surface area contributed by atoms with Gasteiger partial charge in [-0.15, -0.1) is 11.3 Å². The Morgan fingerprint density at radius 1 is 1.15 bits per heavy atom. The van der Waals surface area contributed by atoms with Crippen molar-refractivity contribution in [1.82, 2.24) is 5.32 Å². The van der Waals surface area contributed by atoms with Crippen LogP contribution in [-0.4, -0.2) is 19.1 Å². The van der Waals surface area contributed by atoms with E-state index in [4.69, 9.17) is 9.47 Å². The van der Waals surface area contributed by atoms with E-state index in [1.165, 1.54) is 17.4 Å². The van der Waals surface area contributed by atoms with Gasteiger partial charge in [0.15, 0.2) is 11.5 Å². The van der Waals surface area contributed by atoms with E-state index in [1.54, 1.807) is 12.1 Å². The van der Waals surface area contributed by atoms with Crippen molar-refractivity contribution in [3.05, 3.63) is 58.7 Å². The molecule has 0 saturated heterocycles. The highest BCUT2D eigenvalue weighted by atomic mass is 32.1. The number of nitrogens with one attached hydrogen (secondary N) is 1. The molecular weight excluding hydrogens is 353 g/mol. The van der Waals surface area contributed by atoms with Crippen molar-refractivity contribution in [3.8, 4) is 11.5 Å². The normalized spacial score (nSPS) is 14.7. The molecule has 0 aliphatic carbocycles. The number of rotatable bonds is 3. The van der Waals surface area contributed by atoms with E-state index >= 15 is 0 Å². The zero-order chi connectivity index (χ0) is 18.1. The Kier molecular flexibility index (Phi) is 4.51. The molecule has 1 N–H and O–H groups in total. The van der Waals surface area contributed by atoms with Gasteiger partial charge in [-0.05, 0) is 42.8 Å². The molecule has 4 rings (SSSR count). The summed E-state index contributed by atoms with van der Waals surface area (Å²) in [5.41, 5.74) is 0.926. The third-order valence-corrected chi connectivity index (χ3v) is 5.45. The summed E-state index contributed by atoms with van der Waals surface area (Å²) in [4.78, 5) is 13.1. The van der Waals surface area contributed by atoms with Crippen molar-refractivity contribution in [3.63, 3.8) is 0 Å². The number of fused-ring (bicyclic) bond motifs is 2. The van der Waals surface area contributed by atoms with E-state index in [0.717, 1.165) is 22.4 Å². The van der Waals surface area contributed by atoms with Gasteiger partial charge in [0, 0.05) is 16.5 Å². The first-order valence-electron chi connectivity index (χ1n) is 8.50. The number of hydrogen-bond donors (Lipinski definition) is 1. The Balaban J connectivity index is 1.53. The molecule has 0 spiro atoms. The van der Waals surface area contributed by atoms with Crippen LogP contribution in [0.15, 0.2) is 42.5 Å². The van der Waals surface area contributed by atoms with Crippen molar-refractivity contribution in [2.24, 2.45) is 0 Å². The summed E-state index contributed by atoms with van der Waals surface area (Å²) in [5, 5.41) is 3.45. The number of benzene rings is 2. The Bertz CT molecular complexity index is 969. The number of amides is 1. The molecule has 0 fully saturated rings. The Labute approximate surface area is 154 Å². The molecular formula is C20H18FNO3S. The zero-order valence-electron chi connectivity index (χ0n) is 14.3. The summed E-state index contributed by atoms with van der Waals surface area (Å²) in [6, 6.07) is 11.9. The molecule has 6 heteroatoms. The van der Waals surface area contributed by atoms with Crippen molar-refractivity contribution in [2.75, 3.05) is 13.2 Å². The number of halogens is 1. The average Bonchev–Trinajstić information content (AvgIpc) is 2.94. The maximum absolute atomic E-state index is 13.8. The van der Waals surface area contributed by atoms with Crippen molar-refractivity contribution in [1.29, 1.82) is 0 Å². The first-order chi connectivity index (χ1) is 12.6. The minimum absolute atomic E-state index is 0.213. The fourth-order valence-electron chi connectivity index (χ4n) is 2.94. The van der Waals surface area contributed by atoms with Crippen LogP contribution in [0, 0.1) is 5.82 Å². The van der Waals surface area contributed by atoms with Crippen LogP contribution in [0.2, 0.25) is 0 Å². The fraction of sp³-hybridized carbons (Fsp3) is 0.250. The molecule has 1 aromatic heterocycles. The molecule has 1 amide bonds. The Morgan fingerprint density at radius 3 is 2.77 bits per heavy atom. The fourth-order valence-corrected chi connectivity index (χ4v) is 3.92. The monoisotopic (exact) mass is 371 g/mol. The Hall–Kier alpha value is -2.60. The van der Waals surface area contributed by atoms with Gasteiger partial charge in [-0.3, -0.25) is 4.79 Å². The molecule has 0 saturated carbocycles. The minimum atomic E-state index is -0.311. The first kappa shape index (κ1) is 16.8. The molecule has 1 aliphatic heterocycles. The van der Waals surface area contributed by atoms with Gasteiger partial charge in [0.25, 0.3) is 5.91 Å². The second kappa shape index (κ2) is 6.96. The molecule has 2 heterocycles. The van der Waals surface area contributed by atoms with Crippen LogP contribution in [0.25, 0.3) is 10.1 Å². The number of hydrogen-bond acceptors (Lipinski definition) is 4. The summed E-state index contributed by atoms with van der Waals surface area (Å²) in [6.07, 6.45) is 0.846. The highest BCUT2D eigenvalue weighted by Gasteiger charge is 2.18. The highest BCUT2D eigenvalue weighted by Crippen LogP contribution is 2.33. The zero-order valence-corrected chi connectivity index (χ0v) is 15.1. The Morgan fingerprint density at radius 2 is 1.96 bits per heavy atom. The van der Waals surface area contributed by atoms with Gasteiger partial charge in [0.2, 0.25) is 0 Å². The molecule has 1 aliphatic rings. The van der Waals surface area contributed by atoms with Crippen molar-refractivity contribution in [2.45, 2.75) is 19.4 Å². The standard InChI is InChI=1S/C20H18FNO3S/c1-12(13-6-7-16-17(10-13)25-9-3-8-24-16)22-20(23)19-11-14-15(21)4-2-5-18(14)26-19/h2,4-7,10-12H,3,8-9H2,1H3,(H,22,23). The number of ether oxygens (including phenoxy) is 2. The highest BCUT2D eigenvalue weighted by molar-refractivity contribution is 7.20. The van der Waals surface area contributed by atoms with E-state index in [0.29, 0.717) is 29.2 Å².